The molecule has 3 nitrogen and oxygen atoms in total. The predicted octanol–water partition coefficient (Wildman–Crippen LogP) is 1.73. The van der Waals surface area contributed by atoms with Crippen molar-refractivity contribution in [2.24, 2.45) is 5.73 Å². The van der Waals surface area contributed by atoms with Crippen LogP contribution in [0.25, 0.3) is 0 Å². The van der Waals surface area contributed by atoms with Crippen molar-refractivity contribution in [3.63, 3.8) is 0 Å². The first-order valence-corrected chi connectivity index (χ1v) is 5.25. The lowest BCUT2D eigenvalue weighted by molar-refractivity contribution is 0.0972. The summed E-state index contributed by atoms with van der Waals surface area (Å²) in [6.45, 7) is 2.08. The number of benzene rings is 1. The molecular weight excluding hydrogens is 202 g/mol. The fourth-order valence-electron chi connectivity index (χ4n) is 2.00. The summed E-state index contributed by atoms with van der Waals surface area (Å²) in [6.07, 6.45) is 0.463. The lowest BCUT2D eigenvalue weighted by Crippen LogP contribution is -2.22. The van der Waals surface area contributed by atoms with E-state index in [9.17, 15) is 9.59 Å². The van der Waals surface area contributed by atoms with Crippen LogP contribution in [0, 0.1) is 0 Å². The van der Waals surface area contributed by atoms with Crippen LogP contribution in [0.3, 0.4) is 0 Å². The molecule has 0 spiro atoms. The molecule has 0 radical (unpaired) electrons. The van der Waals surface area contributed by atoms with Crippen molar-refractivity contribution in [2.75, 3.05) is 6.54 Å². The highest BCUT2D eigenvalue weighted by Gasteiger charge is 2.28. The molecule has 0 atom stereocenters. The maximum atomic E-state index is 12.1. The molecule has 0 unspecified atom stereocenters. The molecule has 1 aromatic rings. The number of rotatable bonds is 2. The minimum atomic E-state index is -0.0573. The molecule has 0 bridgehead atoms. The minimum absolute atomic E-state index is 0.0568. The number of nitrogens with two attached hydrogens (primary N) is 1. The lowest BCUT2D eigenvalue weighted by atomic mass is 9.83. The number of carbonyl (C=O) groups is 2. The standard InChI is InChI=1S/C13H13NO2/c1-8-9(6-7-14)13(16)11-5-3-2-4-10(11)12(8)15/h2-5H,6-7,14H2,1H3. The molecule has 0 saturated heterocycles. The third-order valence-electron chi connectivity index (χ3n) is 2.88. The van der Waals surface area contributed by atoms with E-state index in [1.165, 1.54) is 0 Å². The number of Topliss-reactive ketones (excluding diaryl/α,β-unsaturated/α-hetero) is 2. The van der Waals surface area contributed by atoms with Gasteiger partial charge in [-0.05, 0) is 19.9 Å². The number of hydrogen-bond acceptors (Lipinski definition) is 3. The maximum absolute atomic E-state index is 12.1. The lowest BCUT2D eigenvalue weighted by Gasteiger charge is -2.18. The van der Waals surface area contributed by atoms with Gasteiger partial charge in [-0.15, -0.1) is 0 Å². The summed E-state index contributed by atoms with van der Waals surface area (Å²) in [5, 5.41) is 0. The van der Waals surface area contributed by atoms with Crippen LogP contribution >= 0.6 is 0 Å². The average molecular weight is 215 g/mol. The van der Waals surface area contributed by atoms with E-state index in [0.29, 0.717) is 35.2 Å². The Balaban J connectivity index is 2.58. The third-order valence-corrected chi connectivity index (χ3v) is 2.88. The van der Waals surface area contributed by atoms with E-state index < -0.39 is 0 Å². The summed E-state index contributed by atoms with van der Waals surface area (Å²) in [6, 6.07) is 6.92. The van der Waals surface area contributed by atoms with Crippen LogP contribution in [0.4, 0.5) is 0 Å². The molecule has 0 saturated carbocycles. The monoisotopic (exact) mass is 215 g/mol. The molecule has 2 rings (SSSR count). The number of hydrogen-bond donors (Lipinski definition) is 1. The van der Waals surface area contributed by atoms with Crippen molar-refractivity contribution < 1.29 is 9.59 Å². The van der Waals surface area contributed by atoms with Crippen molar-refractivity contribution >= 4 is 11.6 Å². The fraction of sp³-hybridized carbons (Fsp3) is 0.231. The van der Waals surface area contributed by atoms with Crippen molar-refractivity contribution in [3.8, 4) is 0 Å². The molecule has 0 aliphatic heterocycles. The molecule has 3 heteroatoms. The van der Waals surface area contributed by atoms with Gasteiger partial charge in [-0.2, -0.15) is 0 Å². The molecule has 2 N–H and O–H groups in total. The van der Waals surface area contributed by atoms with Gasteiger partial charge in [0.05, 0.1) is 0 Å². The van der Waals surface area contributed by atoms with Gasteiger partial charge in [0.1, 0.15) is 0 Å². The summed E-state index contributed by atoms with van der Waals surface area (Å²) < 4.78 is 0. The van der Waals surface area contributed by atoms with Crippen molar-refractivity contribution in [1.29, 1.82) is 0 Å². The van der Waals surface area contributed by atoms with E-state index in [4.69, 9.17) is 5.73 Å². The number of carbonyl (C=O) groups excluding carboxylic acids is 2. The van der Waals surface area contributed by atoms with Crippen molar-refractivity contribution in [2.45, 2.75) is 13.3 Å². The first-order chi connectivity index (χ1) is 7.66. The van der Waals surface area contributed by atoms with Gasteiger partial charge in [0.15, 0.2) is 11.6 Å². The Morgan fingerprint density at radius 2 is 1.62 bits per heavy atom. The van der Waals surface area contributed by atoms with Crippen LogP contribution in [0.15, 0.2) is 35.4 Å². The third kappa shape index (κ3) is 1.49. The van der Waals surface area contributed by atoms with Crippen molar-refractivity contribution in [1.82, 2.24) is 0 Å². The molecule has 0 heterocycles. The van der Waals surface area contributed by atoms with Gasteiger partial charge < -0.3 is 5.73 Å². The summed E-state index contributed by atoms with van der Waals surface area (Å²) in [5.74, 6) is -0.114. The zero-order valence-corrected chi connectivity index (χ0v) is 9.12. The molecule has 1 aliphatic rings. The molecule has 0 aromatic heterocycles. The molecule has 1 aromatic carbocycles. The number of ketones is 2. The van der Waals surface area contributed by atoms with Gasteiger partial charge in [0.25, 0.3) is 0 Å². The second-order valence-corrected chi connectivity index (χ2v) is 3.85. The molecule has 0 fully saturated rings. The van der Waals surface area contributed by atoms with Gasteiger partial charge >= 0.3 is 0 Å². The summed E-state index contributed by atoms with van der Waals surface area (Å²) in [4.78, 5) is 24.1. The van der Waals surface area contributed by atoms with Gasteiger partial charge in [-0.1, -0.05) is 24.3 Å². The normalized spacial score (nSPS) is 15.4. The highest BCUT2D eigenvalue weighted by atomic mass is 16.1. The Morgan fingerprint density at radius 1 is 1.06 bits per heavy atom. The van der Waals surface area contributed by atoms with Crippen LogP contribution in [0.1, 0.15) is 34.1 Å². The summed E-state index contributed by atoms with van der Waals surface area (Å²) >= 11 is 0. The zero-order valence-electron chi connectivity index (χ0n) is 9.12. The van der Waals surface area contributed by atoms with Crippen molar-refractivity contribution in [3.05, 3.63) is 46.5 Å². The SMILES string of the molecule is CC1=C(CCN)C(=O)c2ccccc2C1=O. The van der Waals surface area contributed by atoms with Gasteiger partial charge in [0, 0.05) is 22.3 Å². The first-order valence-electron chi connectivity index (χ1n) is 5.25. The van der Waals surface area contributed by atoms with Crippen LogP contribution in [-0.2, 0) is 0 Å². The fourth-order valence-corrected chi connectivity index (χ4v) is 2.00. The van der Waals surface area contributed by atoms with E-state index in [2.05, 4.69) is 0 Å². The Bertz CT molecular complexity index is 500. The first kappa shape index (κ1) is 10.8. The highest BCUT2D eigenvalue weighted by Crippen LogP contribution is 2.27. The second kappa shape index (κ2) is 4.02. The van der Waals surface area contributed by atoms with E-state index in [1.54, 1.807) is 31.2 Å². The maximum Gasteiger partial charge on any atom is 0.190 e. The summed E-state index contributed by atoms with van der Waals surface area (Å²) in [7, 11) is 0. The molecule has 82 valence electrons. The topological polar surface area (TPSA) is 60.2 Å². The van der Waals surface area contributed by atoms with E-state index in [-0.39, 0.29) is 11.6 Å². The number of allylic oxidation sites excluding steroid dienone is 1. The second-order valence-electron chi connectivity index (χ2n) is 3.85. The summed E-state index contributed by atoms with van der Waals surface area (Å²) in [5.41, 5.74) is 7.56. The smallest absolute Gasteiger partial charge is 0.190 e. The Labute approximate surface area is 94.0 Å². The molecule has 0 amide bonds. The van der Waals surface area contributed by atoms with Crippen LogP contribution in [0.5, 0.6) is 0 Å². The van der Waals surface area contributed by atoms with E-state index in [1.807, 2.05) is 0 Å². The van der Waals surface area contributed by atoms with Crippen LogP contribution in [-0.4, -0.2) is 18.1 Å². The van der Waals surface area contributed by atoms with E-state index >= 15 is 0 Å². The molecule has 16 heavy (non-hydrogen) atoms. The number of fused-ring (bicyclic) bond motifs is 1. The largest absolute Gasteiger partial charge is 0.330 e. The van der Waals surface area contributed by atoms with Crippen LogP contribution < -0.4 is 5.73 Å². The predicted molar refractivity (Wildman–Crippen MR) is 61.5 cm³/mol. The van der Waals surface area contributed by atoms with E-state index in [0.717, 1.165) is 0 Å². The van der Waals surface area contributed by atoms with Gasteiger partial charge in [-0.25, -0.2) is 0 Å². The minimum Gasteiger partial charge on any atom is -0.330 e. The molecule has 1 aliphatic carbocycles. The Morgan fingerprint density at radius 3 is 2.19 bits per heavy atom. The Hall–Kier alpha value is -1.74. The highest BCUT2D eigenvalue weighted by molar-refractivity contribution is 6.26. The molecular formula is C13H13NO2. The van der Waals surface area contributed by atoms with Crippen LogP contribution in [0.2, 0.25) is 0 Å². The average Bonchev–Trinajstić information content (AvgIpc) is 2.32. The zero-order chi connectivity index (χ0) is 11.7. The van der Waals surface area contributed by atoms with Gasteiger partial charge in [0.2, 0.25) is 0 Å². The quantitative estimate of drug-likeness (QED) is 0.817. The Kier molecular flexibility index (Phi) is 2.71. The van der Waals surface area contributed by atoms with Gasteiger partial charge in [-0.3, -0.25) is 9.59 Å².